The summed E-state index contributed by atoms with van der Waals surface area (Å²) >= 11 is 0. The number of amides is 1. The summed E-state index contributed by atoms with van der Waals surface area (Å²) in [7, 11) is -3.00. The van der Waals surface area contributed by atoms with Crippen molar-refractivity contribution in [3.63, 3.8) is 0 Å². The van der Waals surface area contributed by atoms with Crippen LogP contribution in [0.15, 0.2) is 24.3 Å². The molecular weight excluding hydrogens is 326 g/mol. The van der Waals surface area contributed by atoms with E-state index in [-0.39, 0.29) is 36.5 Å². The molecule has 2 heterocycles. The van der Waals surface area contributed by atoms with Gasteiger partial charge in [-0.05, 0) is 18.6 Å². The van der Waals surface area contributed by atoms with Crippen LogP contribution in [0.2, 0.25) is 0 Å². The zero-order valence-corrected chi connectivity index (χ0v) is 14.9. The van der Waals surface area contributed by atoms with E-state index < -0.39 is 9.84 Å². The van der Waals surface area contributed by atoms with Gasteiger partial charge in [-0.1, -0.05) is 26.0 Å². The van der Waals surface area contributed by atoms with Gasteiger partial charge >= 0.3 is 0 Å². The smallest absolute Gasteiger partial charge is 0.245 e. The van der Waals surface area contributed by atoms with E-state index in [1.807, 2.05) is 42.7 Å². The third-order valence-electron chi connectivity index (χ3n) is 4.62. The van der Waals surface area contributed by atoms with Crippen molar-refractivity contribution in [2.75, 3.05) is 24.6 Å². The Morgan fingerprint density at radius 1 is 1.21 bits per heavy atom. The zero-order valence-electron chi connectivity index (χ0n) is 14.1. The first-order chi connectivity index (χ1) is 11.5. The standard InChI is InChI=1S/C17H23N3O3S/c1-3-14(17(21)19-9-11-24(22,23)12-10-19)20-15-8-6-5-7-13(15)18-16(20)4-2/h5-8,14H,3-4,9-12H2,1-2H3/t14-/m0/s1. The summed E-state index contributed by atoms with van der Waals surface area (Å²) in [5.41, 5.74) is 1.85. The van der Waals surface area contributed by atoms with Gasteiger partial charge < -0.3 is 9.47 Å². The largest absolute Gasteiger partial charge is 0.339 e. The van der Waals surface area contributed by atoms with Gasteiger partial charge in [0.05, 0.1) is 22.5 Å². The van der Waals surface area contributed by atoms with Gasteiger partial charge in [-0.3, -0.25) is 4.79 Å². The summed E-state index contributed by atoms with van der Waals surface area (Å²) in [6, 6.07) is 7.49. The molecule has 0 radical (unpaired) electrons. The predicted molar refractivity (Wildman–Crippen MR) is 93.7 cm³/mol. The number of nitrogens with zero attached hydrogens (tertiary/aromatic N) is 3. The molecule has 1 aliphatic rings. The summed E-state index contributed by atoms with van der Waals surface area (Å²) in [5, 5.41) is 0. The molecule has 3 rings (SSSR count). The van der Waals surface area contributed by atoms with Gasteiger partial charge in [-0.15, -0.1) is 0 Å². The molecule has 24 heavy (non-hydrogen) atoms. The van der Waals surface area contributed by atoms with Crippen LogP contribution in [0.3, 0.4) is 0 Å². The summed E-state index contributed by atoms with van der Waals surface area (Å²) < 4.78 is 25.2. The first-order valence-electron chi connectivity index (χ1n) is 8.42. The molecule has 1 atom stereocenters. The van der Waals surface area contributed by atoms with Gasteiger partial charge in [-0.25, -0.2) is 13.4 Å². The Balaban J connectivity index is 1.96. The second-order valence-electron chi connectivity index (χ2n) is 6.14. The lowest BCUT2D eigenvalue weighted by Gasteiger charge is -2.31. The molecular formula is C17H23N3O3S. The van der Waals surface area contributed by atoms with Gasteiger partial charge in [0.2, 0.25) is 5.91 Å². The van der Waals surface area contributed by atoms with Crippen LogP contribution < -0.4 is 0 Å². The van der Waals surface area contributed by atoms with Crippen LogP contribution in [0.4, 0.5) is 0 Å². The van der Waals surface area contributed by atoms with Gasteiger partial charge in [0.25, 0.3) is 0 Å². The van der Waals surface area contributed by atoms with Crippen LogP contribution in [-0.2, 0) is 21.1 Å². The molecule has 130 valence electrons. The van der Waals surface area contributed by atoms with Gasteiger partial charge in [-0.2, -0.15) is 0 Å². The van der Waals surface area contributed by atoms with Crippen molar-refractivity contribution in [2.24, 2.45) is 0 Å². The number of aryl methyl sites for hydroxylation is 1. The molecule has 0 aliphatic carbocycles. The normalized spacial score (nSPS) is 18.7. The van der Waals surface area contributed by atoms with E-state index in [1.165, 1.54) is 0 Å². The molecule has 0 bridgehead atoms. The lowest BCUT2D eigenvalue weighted by molar-refractivity contribution is -0.134. The molecule has 0 spiro atoms. The van der Waals surface area contributed by atoms with Crippen molar-refractivity contribution in [1.82, 2.24) is 14.5 Å². The number of fused-ring (bicyclic) bond motifs is 1. The van der Waals surface area contributed by atoms with E-state index in [0.29, 0.717) is 6.42 Å². The van der Waals surface area contributed by atoms with Crippen LogP contribution >= 0.6 is 0 Å². The van der Waals surface area contributed by atoms with E-state index >= 15 is 0 Å². The van der Waals surface area contributed by atoms with Crippen molar-refractivity contribution in [2.45, 2.75) is 32.7 Å². The molecule has 2 aromatic rings. The topological polar surface area (TPSA) is 72.3 Å². The van der Waals surface area contributed by atoms with Crippen molar-refractivity contribution in [3.05, 3.63) is 30.1 Å². The van der Waals surface area contributed by atoms with Crippen molar-refractivity contribution >= 4 is 26.8 Å². The van der Waals surface area contributed by atoms with Gasteiger partial charge in [0.15, 0.2) is 9.84 Å². The van der Waals surface area contributed by atoms with Crippen LogP contribution in [-0.4, -0.2) is 53.4 Å². The highest BCUT2D eigenvalue weighted by Gasteiger charge is 2.31. The van der Waals surface area contributed by atoms with E-state index in [4.69, 9.17) is 0 Å². The zero-order chi connectivity index (χ0) is 17.3. The van der Waals surface area contributed by atoms with Crippen molar-refractivity contribution in [1.29, 1.82) is 0 Å². The fourth-order valence-corrected chi connectivity index (χ4v) is 4.50. The Hall–Kier alpha value is -1.89. The Kier molecular flexibility index (Phi) is 4.62. The maximum Gasteiger partial charge on any atom is 0.245 e. The van der Waals surface area contributed by atoms with Crippen molar-refractivity contribution in [3.8, 4) is 0 Å². The number of para-hydroxylation sites is 2. The number of hydrogen-bond donors (Lipinski definition) is 0. The SMILES string of the molecule is CCc1nc2ccccc2n1[C@@H](CC)C(=O)N1CCS(=O)(=O)CC1. The van der Waals surface area contributed by atoms with Crippen molar-refractivity contribution < 1.29 is 13.2 Å². The molecule has 1 aliphatic heterocycles. The Morgan fingerprint density at radius 3 is 2.50 bits per heavy atom. The molecule has 1 saturated heterocycles. The molecule has 0 N–H and O–H groups in total. The highest BCUT2D eigenvalue weighted by Crippen LogP contribution is 2.26. The fraction of sp³-hybridized carbons (Fsp3) is 0.529. The number of rotatable bonds is 4. The molecule has 0 unspecified atom stereocenters. The number of carbonyl (C=O) groups is 1. The fourth-order valence-electron chi connectivity index (χ4n) is 3.30. The molecule has 1 fully saturated rings. The maximum absolute atomic E-state index is 13.0. The van der Waals surface area contributed by atoms with Crippen LogP contribution in [0.1, 0.15) is 32.1 Å². The van der Waals surface area contributed by atoms with E-state index in [1.54, 1.807) is 4.90 Å². The average Bonchev–Trinajstić information content (AvgIpc) is 2.94. The minimum Gasteiger partial charge on any atom is -0.339 e. The van der Waals surface area contributed by atoms with Crippen LogP contribution in [0.25, 0.3) is 11.0 Å². The second-order valence-corrected chi connectivity index (χ2v) is 8.45. The molecule has 1 aromatic heterocycles. The molecule has 0 saturated carbocycles. The molecule has 1 aromatic carbocycles. The van der Waals surface area contributed by atoms with E-state index in [0.717, 1.165) is 23.3 Å². The van der Waals surface area contributed by atoms with Gasteiger partial charge in [0.1, 0.15) is 11.9 Å². The van der Waals surface area contributed by atoms with E-state index in [2.05, 4.69) is 4.98 Å². The highest BCUT2D eigenvalue weighted by molar-refractivity contribution is 7.91. The Labute approximate surface area is 142 Å². The lowest BCUT2D eigenvalue weighted by Crippen LogP contribution is -2.46. The van der Waals surface area contributed by atoms with Crippen LogP contribution in [0, 0.1) is 0 Å². The Bertz CT molecular complexity index is 843. The predicted octanol–water partition coefficient (Wildman–Crippen LogP) is 1.81. The average molecular weight is 349 g/mol. The minimum atomic E-state index is -3.00. The maximum atomic E-state index is 13.0. The molecule has 6 nitrogen and oxygen atoms in total. The molecule has 7 heteroatoms. The number of carbonyl (C=O) groups excluding carboxylic acids is 1. The number of imidazole rings is 1. The second kappa shape index (κ2) is 6.55. The van der Waals surface area contributed by atoms with E-state index in [9.17, 15) is 13.2 Å². The highest BCUT2D eigenvalue weighted by atomic mass is 32.2. The third kappa shape index (κ3) is 3.05. The monoisotopic (exact) mass is 349 g/mol. The first-order valence-corrected chi connectivity index (χ1v) is 10.2. The summed E-state index contributed by atoms with van der Waals surface area (Å²) in [5.74, 6) is 0.993. The number of benzene rings is 1. The quantitative estimate of drug-likeness (QED) is 0.844. The summed E-state index contributed by atoms with van der Waals surface area (Å²) in [6.07, 6.45) is 1.39. The number of aromatic nitrogens is 2. The number of hydrogen-bond acceptors (Lipinski definition) is 4. The Morgan fingerprint density at radius 2 is 1.88 bits per heavy atom. The lowest BCUT2D eigenvalue weighted by atomic mass is 10.1. The van der Waals surface area contributed by atoms with Gasteiger partial charge in [0, 0.05) is 19.5 Å². The summed E-state index contributed by atoms with van der Waals surface area (Å²) in [6.45, 7) is 4.58. The summed E-state index contributed by atoms with van der Waals surface area (Å²) in [4.78, 5) is 19.4. The van der Waals surface area contributed by atoms with Crippen LogP contribution in [0.5, 0.6) is 0 Å². The molecule has 1 amide bonds. The number of sulfone groups is 1. The third-order valence-corrected chi connectivity index (χ3v) is 6.23. The first kappa shape index (κ1) is 17.0. The minimum absolute atomic E-state index is 0.00902.